The average Bonchev–Trinajstić information content (AvgIpc) is 3.06. The average molecular weight is 673 g/mol. The summed E-state index contributed by atoms with van der Waals surface area (Å²) in [7, 11) is 0. The van der Waals surface area contributed by atoms with Crippen LogP contribution in [0.4, 0.5) is 0 Å². The topological polar surface area (TPSA) is 152 Å². The van der Waals surface area contributed by atoms with E-state index in [9.17, 15) is 30.0 Å². The summed E-state index contributed by atoms with van der Waals surface area (Å²) in [4.78, 5) is 25.0. The third kappa shape index (κ3) is 21.9. The van der Waals surface area contributed by atoms with E-state index in [1.165, 1.54) is 70.6 Å². The molecule has 1 aliphatic rings. The zero-order valence-corrected chi connectivity index (χ0v) is 29.5. The zero-order valence-electron chi connectivity index (χ0n) is 29.5. The number of aliphatic hydroxyl groups excluding tert-OH is 4. The number of rotatable bonds is 30. The maximum absolute atomic E-state index is 12.6. The van der Waals surface area contributed by atoms with Crippen molar-refractivity contribution in [2.75, 3.05) is 19.8 Å². The van der Waals surface area contributed by atoms with Gasteiger partial charge in [0.05, 0.1) is 13.2 Å². The van der Waals surface area contributed by atoms with Gasteiger partial charge in [0.25, 0.3) is 0 Å². The fourth-order valence-electron chi connectivity index (χ4n) is 5.59. The van der Waals surface area contributed by atoms with Crippen LogP contribution in [0.5, 0.6) is 0 Å². The highest BCUT2D eigenvalue weighted by molar-refractivity contribution is 5.70. The summed E-state index contributed by atoms with van der Waals surface area (Å²) in [5, 5.41) is 39.8. The summed E-state index contributed by atoms with van der Waals surface area (Å²) in [6.45, 7) is 3.34. The van der Waals surface area contributed by atoms with Gasteiger partial charge in [-0.25, -0.2) is 0 Å². The number of allylic oxidation sites excluding steroid dienone is 2. The molecule has 1 fully saturated rings. The lowest BCUT2D eigenvalue weighted by atomic mass is 9.99. The molecule has 0 aliphatic carbocycles. The van der Waals surface area contributed by atoms with E-state index in [0.717, 1.165) is 51.4 Å². The van der Waals surface area contributed by atoms with E-state index >= 15 is 0 Å². The number of aliphatic hydroxyl groups is 4. The summed E-state index contributed by atoms with van der Waals surface area (Å²) in [5.74, 6) is -0.817. The monoisotopic (exact) mass is 672 g/mol. The lowest BCUT2D eigenvalue weighted by Gasteiger charge is -2.39. The molecule has 0 spiro atoms. The van der Waals surface area contributed by atoms with Crippen molar-refractivity contribution in [3.8, 4) is 0 Å². The third-order valence-electron chi connectivity index (χ3n) is 8.65. The molecule has 0 amide bonds. The van der Waals surface area contributed by atoms with E-state index in [1.54, 1.807) is 0 Å². The molecule has 10 heteroatoms. The van der Waals surface area contributed by atoms with Crippen LogP contribution in [0.1, 0.15) is 155 Å². The molecule has 1 heterocycles. The first-order valence-electron chi connectivity index (χ1n) is 18.8. The molecule has 1 aliphatic heterocycles. The van der Waals surface area contributed by atoms with E-state index < -0.39 is 49.4 Å². The first kappa shape index (κ1) is 43.5. The second-order valence-electron chi connectivity index (χ2n) is 13.0. The molecule has 4 N–H and O–H groups in total. The van der Waals surface area contributed by atoms with Gasteiger partial charge in [-0.15, -0.1) is 0 Å². The Morgan fingerprint density at radius 1 is 0.638 bits per heavy atom. The van der Waals surface area contributed by atoms with Crippen LogP contribution >= 0.6 is 0 Å². The molecule has 0 aromatic carbocycles. The summed E-state index contributed by atoms with van der Waals surface area (Å²) in [6, 6.07) is 0. The van der Waals surface area contributed by atoms with Crippen molar-refractivity contribution < 1.29 is 49.0 Å². The molecule has 6 atom stereocenters. The first-order chi connectivity index (χ1) is 22.8. The summed E-state index contributed by atoms with van der Waals surface area (Å²) >= 11 is 0. The van der Waals surface area contributed by atoms with Crippen LogP contribution < -0.4 is 0 Å². The number of unbranched alkanes of at least 4 members (excludes halogenated alkanes) is 17. The van der Waals surface area contributed by atoms with E-state index in [0.29, 0.717) is 6.42 Å². The van der Waals surface area contributed by atoms with Crippen molar-refractivity contribution in [3.05, 3.63) is 12.2 Å². The van der Waals surface area contributed by atoms with Gasteiger partial charge in [0.2, 0.25) is 0 Å². The minimum Gasteiger partial charge on any atom is -0.462 e. The summed E-state index contributed by atoms with van der Waals surface area (Å²) in [5.41, 5.74) is 0. The molecule has 47 heavy (non-hydrogen) atoms. The zero-order chi connectivity index (χ0) is 34.5. The van der Waals surface area contributed by atoms with Crippen LogP contribution in [0.2, 0.25) is 0 Å². The van der Waals surface area contributed by atoms with E-state index in [4.69, 9.17) is 18.9 Å². The van der Waals surface area contributed by atoms with E-state index in [1.807, 2.05) is 0 Å². The van der Waals surface area contributed by atoms with Crippen molar-refractivity contribution in [2.24, 2.45) is 0 Å². The van der Waals surface area contributed by atoms with Crippen molar-refractivity contribution in [1.82, 2.24) is 0 Å². The van der Waals surface area contributed by atoms with Gasteiger partial charge < -0.3 is 39.4 Å². The van der Waals surface area contributed by atoms with Gasteiger partial charge in [-0.3, -0.25) is 9.59 Å². The molecule has 0 aromatic heterocycles. The summed E-state index contributed by atoms with van der Waals surface area (Å²) in [6.07, 6.45) is 19.6. The van der Waals surface area contributed by atoms with Crippen LogP contribution in [0.25, 0.3) is 0 Å². The Morgan fingerprint density at radius 2 is 1.13 bits per heavy atom. The molecule has 1 rings (SSSR count). The number of hydrogen-bond acceptors (Lipinski definition) is 10. The molecule has 1 saturated heterocycles. The Labute approximate surface area is 284 Å². The van der Waals surface area contributed by atoms with Crippen molar-refractivity contribution in [3.63, 3.8) is 0 Å². The Morgan fingerprint density at radius 3 is 1.68 bits per heavy atom. The highest BCUT2D eigenvalue weighted by Crippen LogP contribution is 2.22. The minimum absolute atomic E-state index is 0.216. The predicted molar refractivity (Wildman–Crippen MR) is 183 cm³/mol. The molecule has 2 unspecified atom stereocenters. The van der Waals surface area contributed by atoms with Gasteiger partial charge in [0.1, 0.15) is 31.0 Å². The molecular weight excluding hydrogens is 604 g/mol. The van der Waals surface area contributed by atoms with Crippen LogP contribution in [-0.2, 0) is 28.5 Å². The number of ether oxygens (including phenoxy) is 4. The lowest BCUT2D eigenvalue weighted by Crippen LogP contribution is -2.59. The molecule has 0 aromatic rings. The van der Waals surface area contributed by atoms with Gasteiger partial charge in [0, 0.05) is 12.8 Å². The Hall–Kier alpha value is -1.56. The Balaban J connectivity index is 2.38. The van der Waals surface area contributed by atoms with E-state index in [-0.39, 0.29) is 32.0 Å². The van der Waals surface area contributed by atoms with Crippen LogP contribution in [-0.4, -0.2) is 89.0 Å². The number of carbonyl (C=O) groups excluding carboxylic acids is 2. The lowest BCUT2D eigenvalue weighted by molar-refractivity contribution is -0.305. The number of hydrogen-bond donors (Lipinski definition) is 4. The minimum atomic E-state index is -1.59. The number of carbonyl (C=O) groups is 2. The predicted octanol–water partition coefficient (Wildman–Crippen LogP) is 6.44. The van der Waals surface area contributed by atoms with Gasteiger partial charge in [-0.1, -0.05) is 116 Å². The second kappa shape index (κ2) is 29.4. The number of esters is 2. The highest BCUT2D eigenvalue weighted by Gasteiger charge is 2.44. The highest BCUT2D eigenvalue weighted by atomic mass is 16.7. The maximum Gasteiger partial charge on any atom is 0.306 e. The Kier molecular flexibility index (Phi) is 27.2. The molecule has 0 bridgehead atoms. The summed E-state index contributed by atoms with van der Waals surface area (Å²) < 4.78 is 22.0. The fraction of sp³-hybridized carbons (Fsp3) is 0.892. The van der Waals surface area contributed by atoms with Crippen molar-refractivity contribution in [1.29, 1.82) is 0 Å². The third-order valence-corrected chi connectivity index (χ3v) is 8.65. The molecular formula is C37H68O10. The van der Waals surface area contributed by atoms with E-state index in [2.05, 4.69) is 26.0 Å². The van der Waals surface area contributed by atoms with Crippen LogP contribution in [0.3, 0.4) is 0 Å². The van der Waals surface area contributed by atoms with Crippen LogP contribution in [0.15, 0.2) is 12.2 Å². The fourth-order valence-corrected chi connectivity index (χ4v) is 5.59. The van der Waals surface area contributed by atoms with Crippen molar-refractivity contribution in [2.45, 2.75) is 192 Å². The smallest absolute Gasteiger partial charge is 0.306 e. The quantitative estimate of drug-likeness (QED) is 0.0381. The largest absolute Gasteiger partial charge is 0.462 e. The molecule has 10 nitrogen and oxygen atoms in total. The normalized spacial score (nSPS) is 22.0. The van der Waals surface area contributed by atoms with Gasteiger partial charge in [-0.2, -0.15) is 0 Å². The van der Waals surface area contributed by atoms with Gasteiger partial charge in [0.15, 0.2) is 12.4 Å². The standard InChI is InChI=1S/C37H68O10/c1-3-5-7-9-11-12-13-14-15-16-17-18-20-22-24-26-33(40)46-30(28-44-32(39)25-23-21-19-10-8-6-4-2)29-45-37-36(43)35(42)34(41)31(27-38)47-37/h12-13,30-31,34-38,41-43H,3-11,14-29H2,1-2H3/b13-12+/t30-,31+,34-,35?,36?,37+/m1/s1. The Bertz CT molecular complexity index is 789. The maximum atomic E-state index is 12.6. The van der Waals surface area contributed by atoms with Gasteiger partial charge in [-0.05, 0) is 38.5 Å². The SMILES string of the molecule is CCCCCC/C=C/CCCCCCCCCC(=O)O[C@H](COC(=O)CCCCCCCCC)CO[C@H]1O[C@@H](CO)[C@@H](O)C(O)C1O. The molecule has 0 saturated carbocycles. The van der Waals surface area contributed by atoms with Gasteiger partial charge >= 0.3 is 11.9 Å². The van der Waals surface area contributed by atoms with Crippen molar-refractivity contribution >= 4 is 11.9 Å². The molecule has 0 radical (unpaired) electrons. The van der Waals surface area contributed by atoms with Crippen LogP contribution in [0, 0.1) is 0 Å². The molecule has 276 valence electrons. The second-order valence-corrected chi connectivity index (χ2v) is 13.0. The first-order valence-corrected chi connectivity index (χ1v) is 18.8.